The lowest BCUT2D eigenvalue weighted by Crippen LogP contribution is -2.14. The van der Waals surface area contributed by atoms with Crippen molar-refractivity contribution in [1.29, 1.82) is 0 Å². The minimum absolute atomic E-state index is 0.239. The number of aromatic nitrogens is 4. The molecule has 0 unspecified atom stereocenters. The monoisotopic (exact) mass is 343 g/mol. The van der Waals surface area contributed by atoms with E-state index in [2.05, 4.69) is 20.4 Å². The van der Waals surface area contributed by atoms with Crippen molar-refractivity contribution in [2.45, 2.75) is 13.5 Å². The van der Waals surface area contributed by atoms with Crippen molar-refractivity contribution in [3.8, 4) is 0 Å². The first-order valence-corrected chi connectivity index (χ1v) is 8.29. The number of hydrogen-bond acceptors (Lipinski definition) is 4. The van der Waals surface area contributed by atoms with Crippen molar-refractivity contribution >= 4 is 22.8 Å². The fourth-order valence-corrected chi connectivity index (χ4v) is 2.76. The van der Waals surface area contributed by atoms with E-state index in [9.17, 15) is 4.79 Å². The molecule has 26 heavy (non-hydrogen) atoms. The third-order valence-electron chi connectivity index (χ3n) is 4.15. The van der Waals surface area contributed by atoms with Crippen molar-refractivity contribution in [3.63, 3.8) is 0 Å². The summed E-state index contributed by atoms with van der Waals surface area (Å²) in [6.45, 7) is 2.54. The molecule has 128 valence electrons. The van der Waals surface area contributed by atoms with Gasteiger partial charge in [-0.05, 0) is 30.2 Å². The highest BCUT2D eigenvalue weighted by Gasteiger charge is 2.12. The Hall–Kier alpha value is -3.54. The standard InChI is InChI=1S/C20H17N5O/c1-14-6-5-9-21-18(14)24-20(26)17-10-16-12-23-25(19(16)22-11-17)13-15-7-3-2-4-8-15/h2-12H,13H2,1H3,(H,21,24,26). The molecule has 0 fully saturated rings. The summed E-state index contributed by atoms with van der Waals surface area (Å²) in [5.41, 5.74) is 3.28. The van der Waals surface area contributed by atoms with E-state index >= 15 is 0 Å². The van der Waals surface area contributed by atoms with Gasteiger partial charge in [0.2, 0.25) is 0 Å². The second kappa shape index (κ2) is 6.76. The van der Waals surface area contributed by atoms with Crippen LogP contribution in [0.5, 0.6) is 0 Å². The molecule has 6 heteroatoms. The zero-order valence-corrected chi connectivity index (χ0v) is 14.3. The van der Waals surface area contributed by atoms with Crippen LogP contribution in [0.25, 0.3) is 11.0 Å². The molecule has 1 aromatic carbocycles. The highest BCUT2D eigenvalue weighted by molar-refractivity contribution is 6.05. The quantitative estimate of drug-likeness (QED) is 0.616. The summed E-state index contributed by atoms with van der Waals surface area (Å²) in [6, 6.07) is 15.6. The number of benzene rings is 1. The van der Waals surface area contributed by atoms with Crippen LogP contribution in [0.15, 0.2) is 67.1 Å². The molecule has 3 heterocycles. The number of hydrogen-bond donors (Lipinski definition) is 1. The molecule has 0 atom stereocenters. The normalized spacial score (nSPS) is 10.8. The van der Waals surface area contributed by atoms with Gasteiger partial charge in [-0.15, -0.1) is 0 Å². The van der Waals surface area contributed by atoms with Gasteiger partial charge in [-0.2, -0.15) is 5.10 Å². The van der Waals surface area contributed by atoms with Crippen molar-refractivity contribution < 1.29 is 4.79 Å². The fraction of sp³-hybridized carbons (Fsp3) is 0.100. The first-order valence-electron chi connectivity index (χ1n) is 8.29. The van der Waals surface area contributed by atoms with Gasteiger partial charge in [0.25, 0.3) is 5.91 Å². The van der Waals surface area contributed by atoms with Crippen LogP contribution >= 0.6 is 0 Å². The third-order valence-corrected chi connectivity index (χ3v) is 4.15. The number of nitrogens with zero attached hydrogens (tertiary/aromatic N) is 4. The van der Waals surface area contributed by atoms with Crippen molar-refractivity contribution in [2.24, 2.45) is 0 Å². The van der Waals surface area contributed by atoms with Crippen molar-refractivity contribution in [3.05, 3.63) is 83.8 Å². The summed E-state index contributed by atoms with van der Waals surface area (Å²) in [6.07, 6.45) is 4.95. The number of pyridine rings is 2. The molecular formula is C20H17N5O. The Kier molecular flexibility index (Phi) is 4.15. The molecule has 1 amide bonds. The van der Waals surface area contributed by atoms with Crippen LogP contribution in [0.2, 0.25) is 0 Å². The molecule has 0 spiro atoms. The zero-order valence-electron chi connectivity index (χ0n) is 14.3. The molecule has 0 aliphatic heterocycles. The van der Waals surface area contributed by atoms with Crippen LogP contribution in [0.1, 0.15) is 21.5 Å². The molecule has 0 aliphatic rings. The summed E-state index contributed by atoms with van der Waals surface area (Å²) < 4.78 is 1.83. The lowest BCUT2D eigenvalue weighted by atomic mass is 10.2. The van der Waals surface area contributed by atoms with Gasteiger partial charge in [0.15, 0.2) is 5.65 Å². The summed E-state index contributed by atoms with van der Waals surface area (Å²) >= 11 is 0. The van der Waals surface area contributed by atoms with Crippen LogP contribution < -0.4 is 5.32 Å². The Balaban J connectivity index is 1.58. The Morgan fingerprint density at radius 2 is 1.92 bits per heavy atom. The van der Waals surface area contributed by atoms with Gasteiger partial charge in [0.05, 0.1) is 18.3 Å². The Labute approximate surface area is 150 Å². The van der Waals surface area contributed by atoms with Crippen LogP contribution in [0.4, 0.5) is 5.82 Å². The second-order valence-corrected chi connectivity index (χ2v) is 6.05. The smallest absolute Gasteiger partial charge is 0.258 e. The fourth-order valence-electron chi connectivity index (χ4n) is 2.76. The van der Waals surface area contributed by atoms with Gasteiger partial charge < -0.3 is 5.32 Å². The molecule has 6 nitrogen and oxygen atoms in total. The van der Waals surface area contributed by atoms with Gasteiger partial charge in [-0.25, -0.2) is 14.6 Å². The number of amides is 1. The average Bonchev–Trinajstić information content (AvgIpc) is 3.06. The molecule has 1 N–H and O–H groups in total. The maximum atomic E-state index is 12.5. The first-order chi connectivity index (χ1) is 12.7. The number of anilines is 1. The molecular weight excluding hydrogens is 326 g/mol. The third kappa shape index (κ3) is 3.17. The molecule has 0 radical (unpaired) electrons. The minimum atomic E-state index is -0.239. The summed E-state index contributed by atoms with van der Waals surface area (Å²) in [4.78, 5) is 21.1. The largest absolute Gasteiger partial charge is 0.306 e. The van der Waals surface area contributed by atoms with Crippen LogP contribution in [0.3, 0.4) is 0 Å². The molecule has 0 saturated carbocycles. The highest BCUT2D eigenvalue weighted by Crippen LogP contribution is 2.16. The van der Waals surface area contributed by atoms with Crippen molar-refractivity contribution in [2.75, 3.05) is 5.32 Å². The Morgan fingerprint density at radius 1 is 1.08 bits per heavy atom. The van der Waals surface area contributed by atoms with E-state index in [0.717, 1.165) is 22.2 Å². The number of rotatable bonds is 4. The molecule has 0 bridgehead atoms. The van der Waals surface area contributed by atoms with E-state index in [1.54, 1.807) is 24.7 Å². The van der Waals surface area contributed by atoms with E-state index in [4.69, 9.17) is 0 Å². The molecule has 0 saturated heterocycles. The minimum Gasteiger partial charge on any atom is -0.306 e. The van der Waals surface area contributed by atoms with Crippen LogP contribution in [-0.2, 0) is 6.54 Å². The zero-order chi connectivity index (χ0) is 17.9. The summed E-state index contributed by atoms with van der Waals surface area (Å²) in [7, 11) is 0. The number of aryl methyl sites for hydroxylation is 1. The lowest BCUT2D eigenvalue weighted by molar-refractivity contribution is 0.102. The number of nitrogens with one attached hydrogen (secondary N) is 1. The van der Waals surface area contributed by atoms with Gasteiger partial charge >= 0.3 is 0 Å². The number of carbonyl (C=O) groups is 1. The first kappa shape index (κ1) is 16.0. The molecule has 4 aromatic rings. The lowest BCUT2D eigenvalue weighted by Gasteiger charge is -2.07. The van der Waals surface area contributed by atoms with E-state index in [0.29, 0.717) is 17.9 Å². The average molecular weight is 343 g/mol. The molecule has 4 rings (SSSR count). The van der Waals surface area contributed by atoms with Gasteiger partial charge in [0.1, 0.15) is 5.82 Å². The summed E-state index contributed by atoms with van der Waals surface area (Å²) in [5, 5.41) is 8.05. The van der Waals surface area contributed by atoms with Crippen molar-refractivity contribution in [1.82, 2.24) is 19.7 Å². The maximum Gasteiger partial charge on any atom is 0.258 e. The van der Waals surface area contributed by atoms with Crippen LogP contribution in [0, 0.1) is 6.92 Å². The second-order valence-electron chi connectivity index (χ2n) is 6.05. The number of fused-ring (bicyclic) bond motifs is 1. The van der Waals surface area contributed by atoms with E-state index in [1.165, 1.54) is 0 Å². The molecule has 0 aliphatic carbocycles. The Morgan fingerprint density at radius 3 is 2.73 bits per heavy atom. The number of carbonyl (C=O) groups excluding carboxylic acids is 1. The van der Waals surface area contributed by atoms with Gasteiger partial charge in [0, 0.05) is 17.8 Å². The van der Waals surface area contributed by atoms with Gasteiger partial charge in [-0.3, -0.25) is 4.79 Å². The highest BCUT2D eigenvalue weighted by atomic mass is 16.1. The maximum absolute atomic E-state index is 12.5. The van der Waals surface area contributed by atoms with Crippen LogP contribution in [-0.4, -0.2) is 25.7 Å². The summed E-state index contributed by atoms with van der Waals surface area (Å²) in [5.74, 6) is 0.314. The van der Waals surface area contributed by atoms with Gasteiger partial charge in [-0.1, -0.05) is 36.4 Å². The van der Waals surface area contributed by atoms with E-state index < -0.39 is 0 Å². The topological polar surface area (TPSA) is 72.7 Å². The molecule has 3 aromatic heterocycles. The SMILES string of the molecule is Cc1cccnc1NC(=O)c1cnc2c(cnn2Cc2ccccc2)c1. The predicted octanol–water partition coefficient (Wildman–Crippen LogP) is 3.44. The van der Waals surface area contributed by atoms with E-state index in [-0.39, 0.29) is 5.91 Å². The van der Waals surface area contributed by atoms with E-state index in [1.807, 2.05) is 54.1 Å². The predicted molar refractivity (Wildman–Crippen MR) is 100.0 cm³/mol. The Bertz CT molecular complexity index is 1070.